The van der Waals surface area contributed by atoms with E-state index in [0.717, 1.165) is 25.5 Å². The molecule has 0 aromatic carbocycles. The number of rotatable bonds is 2. The minimum Gasteiger partial charge on any atom is -0.367 e. The second-order valence-corrected chi connectivity index (χ2v) is 5.44. The van der Waals surface area contributed by atoms with Gasteiger partial charge < -0.3 is 10.2 Å². The molecule has 1 fully saturated rings. The zero-order valence-electron chi connectivity index (χ0n) is 11.2. The van der Waals surface area contributed by atoms with Gasteiger partial charge in [-0.05, 0) is 38.4 Å². The average molecular weight is 309 g/mol. The van der Waals surface area contributed by atoms with Crippen molar-refractivity contribution in [1.29, 1.82) is 0 Å². The molecule has 1 aliphatic heterocycles. The van der Waals surface area contributed by atoms with Crippen LogP contribution in [-0.4, -0.2) is 40.5 Å². The largest absolute Gasteiger partial charge is 0.433 e. The summed E-state index contributed by atoms with van der Waals surface area (Å²) in [5, 5.41) is 2.62. The van der Waals surface area contributed by atoms with E-state index in [1.165, 1.54) is 0 Å². The first kappa shape index (κ1) is 15.3. The van der Waals surface area contributed by atoms with E-state index in [0.29, 0.717) is 6.04 Å². The van der Waals surface area contributed by atoms with Crippen LogP contribution in [0.15, 0.2) is 6.07 Å². The van der Waals surface area contributed by atoms with E-state index >= 15 is 0 Å². The predicted molar refractivity (Wildman–Crippen MR) is 70.8 cm³/mol. The second kappa shape index (κ2) is 5.73. The van der Waals surface area contributed by atoms with Gasteiger partial charge in [0.25, 0.3) is 0 Å². The highest BCUT2D eigenvalue weighted by molar-refractivity contribution is 6.28. The molecule has 8 heteroatoms. The Hall–Kier alpha value is -1.08. The first-order valence-electron chi connectivity index (χ1n) is 6.34. The highest BCUT2D eigenvalue weighted by Gasteiger charge is 2.34. The minimum atomic E-state index is -4.52. The quantitative estimate of drug-likeness (QED) is 0.853. The maximum atomic E-state index is 12.7. The minimum absolute atomic E-state index is 0.0910. The first-order valence-corrected chi connectivity index (χ1v) is 6.72. The van der Waals surface area contributed by atoms with Crippen LogP contribution in [0, 0.1) is 0 Å². The van der Waals surface area contributed by atoms with Gasteiger partial charge in [0, 0.05) is 24.7 Å². The van der Waals surface area contributed by atoms with Crippen LogP contribution in [0.5, 0.6) is 0 Å². The summed E-state index contributed by atoms with van der Waals surface area (Å²) in [6.07, 6.45) is -2.83. The van der Waals surface area contributed by atoms with Crippen LogP contribution >= 0.6 is 11.6 Å². The third-order valence-electron chi connectivity index (χ3n) is 3.55. The lowest BCUT2D eigenvalue weighted by atomic mass is 9.99. The molecule has 2 unspecified atom stereocenters. The summed E-state index contributed by atoms with van der Waals surface area (Å²) < 4.78 is 38.0. The molecule has 1 saturated heterocycles. The van der Waals surface area contributed by atoms with E-state index in [9.17, 15) is 13.2 Å². The van der Waals surface area contributed by atoms with Crippen LogP contribution in [0.1, 0.15) is 25.5 Å². The van der Waals surface area contributed by atoms with E-state index in [1.807, 2.05) is 7.05 Å². The standard InChI is InChI=1S/C12H16ClF3N4/c1-7-5-8(3-4-20(7)2)17-10-6-9(12(14,15)16)18-11(13)19-10/h6-8H,3-5H2,1-2H3,(H,17,18,19). The maximum Gasteiger partial charge on any atom is 0.433 e. The fourth-order valence-electron chi connectivity index (χ4n) is 2.27. The van der Waals surface area contributed by atoms with Gasteiger partial charge >= 0.3 is 6.18 Å². The zero-order valence-corrected chi connectivity index (χ0v) is 12.0. The Balaban J connectivity index is 2.12. The monoisotopic (exact) mass is 308 g/mol. The van der Waals surface area contributed by atoms with Crippen LogP contribution in [-0.2, 0) is 6.18 Å². The van der Waals surface area contributed by atoms with E-state index in [1.54, 1.807) is 0 Å². The van der Waals surface area contributed by atoms with Gasteiger partial charge in [-0.1, -0.05) is 0 Å². The maximum absolute atomic E-state index is 12.7. The molecule has 2 heterocycles. The Bertz CT molecular complexity index is 480. The number of anilines is 1. The number of hydrogen-bond donors (Lipinski definition) is 1. The Morgan fingerprint density at radius 3 is 2.70 bits per heavy atom. The molecule has 1 aromatic rings. The fraction of sp³-hybridized carbons (Fsp3) is 0.667. The Morgan fingerprint density at radius 2 is 2.10 bits per heavy atom. The van der Waals surface area contributed by atoms with Crippen molar-refractivity contribution in [1.82, 2.24) is 14.9 Å². The number of likely N-dealkylation sites (tertiary alicyclic amines) is 1. The van der Waals surface area contributed by atoms with Gasteiger partial charge in [-0.3, -0.25) is 0 Å². The summed E-state index contributed by atoms with van der Waals surface area (Å²) in [5.74, 6) is 0.124. The van der Waals surface area contributed by atoms with E-state index in [-0.39, 0.29) is 11.9 Å². The summed E-state index contributed by atoms with van der Waals surface area (Å²) in [4.78, 5) is 9.24. The Morgan fingerprint density at radius 1 is 1.40 bits per heavy atom. The number of nitrogens with zero attached hydrogens (tertiary/aromatic N) is 3. The first-order chi connectivity index (χ1) is 9.25. The molecule has 1 aromatic heterocycles. The lowest BCUT2D eigenvalue weighted by molar-refractivity contribution is -0.141. The van der Waals surface area contributed by atoms with Crippen molar-refractivity contribution in [2.75, 3.05) is 18.9 Å². The molecule has 0 saturated carbocycles. The summed E-state index contributed by atoms with van der Waals surface area (Å²) in [7, 11) is 2.03. The zero-order chi connectivity index (χ0) is 14.9. The third-order valence-corrected chi connectivity index (χ3v) is 3.72. The van der Waals surface area contributed by atoms with Gasteiger partial charge in [0.1, 0.15) is 5.82 Å². The predicted octanol–water partition coefficient (Wildman–Crippen LogP) is 3.04. The SMILES string of the molecule is CC1CC(Nc2cc(C(F)(F)F)nc(Cl)n2)CCN1C. The molecule has 4 nitrogen and oxygen atoms in total. The molecule has 20 heavy (non-hydrogen) atoms. The second-order valence-electron chi connectivity index (χ2n) is 5.10. The molecule has 112 valence electrons. The van der Waals surface area contributed by atoms with Gasteiger partial charge in [0.05, 0.1) is 0 Å². The molecule has 0 aliphatic carbocycles. The van der Waals surface area contributed by atoms with Crippen LogP contribution in [0.3, 0.4) is 0 Å². The number of halogens is 4. The molecule has 2 atom stereocenters. The van der Waals surface area contributed by atoms with Crippen molar-refractivity contribution in [3.8, 4) is 0 Å². The van der Waals surface area contributed by atoms with Crippen LogP contribution < -0.4 is 5.32 Å². The molecule has 1 N–H and O–H groups in total. The smallest absolute Gasteiger partial charge is 0.367 e. The molecular formula is C12H16ClF3N4. The normalized spacial score (nSPS) is 24.7. The number of aromatic nitrogens is 2. The number of hydrogen-bond acceptors (Lipinski definition) is 4. The number of nitrogens with one attached hydrogen (secondary N) is 1. The van der Waals surface area contributed by atoms with Crippen molar-refractivity contribution in [3.05, 3.63) is 17.0 Å². The number of alkyl halides is 3. The lowest BCUT2D eigenvalue weighted by Crippen LogP contribution is -2.42. The summed E-state index contributed by atoms with van der Waals surface area (Å²) in [5.41, 5.74) is -1.03. The van der Waals surface area contributed by atoms with Gasteiger partial charge in [-0.2, -0.15) is 13.2 Å². The summed E-state index contributed by atoms with van der Waals surface area (Å²) >= 11 is 5.56. The van der Waals surface area contributed by atoms with Crippen LogP contribution in [0.25, 0.3) is 0 Å². The van der Waals surface area contributed by atoms with Gasteiger partial charge in [0.15, 0.2) is 5.69 Å². The van der Waals surface area contributed by atoms with E-state index in [4.69, 9.17) is 11.6 Å². The van der Waals surface area contributed by atoms with Crippen LogP contribution in [0.2, 0.25) is 5.28 Å². The van der Waals surface area contributed by atoms with Crippen molar-refractivity contribution in [3.63, 3.8) is 0 Å². The van der Waals surface area contributed by atoms with Crippen LogP contribution in [0.4, 0.5) is 19.0 Å². The van der Waals surface area contributed by atoms with Gasteiger partial charge in [-0.25, -0.2) is 9.97 Å². The number of piperidine rings is 1. The average Bonchev–Trinajstić information content (AvgIpc) is 2.32. The topological polar surface area (TPSA) is 41.1 Å². The van der Waals surface area contributed by atoms with Gasteiger partial charge in [0.2, 0.25) is 5.28 Å². The Labute approximate surface area is 120 Å². The Kier molecular flexibility index (Phi) is 4.39. The molecule has 2 rings (SSSR count). The van der Waals surface area contributed by atoms with Gasteiger partial charge in [-0.15, -0.1) is 0 Å². The van der Waals surface area contributed by atoms with Crippen molar-refractivity contribution in [2.45, 2.75) is 38.0 Å². The van der Waals surface area contributed by atoms with Crippen molar-refractivity contribution in [2.24, 2.45) is 0 Å². The molecule has 0 radical (unpaired) electrons. The highest BCUT2D eigenvalue weighted by Crippen LogP contribution is 2.30. The fourth-order valence-corrected chi connectivity index (χ4v) is 2.45. The molecule has 0 amide bonds. The third kappa shape index (κ3) is 3.73. The van der Waals surface area contributed by atoms with E-state index < -0.39 is 17.2 Å². The van der Waals surface area contributed by atoms with Crippen molar-refractivity contribution < 1.29 is 13.2 Å². The molecular weight excluding hydrogens is 293 g/mol. The highest BCUT2D eigenvalue weighted by atomic mass is 35.5. The van der Waals surface area contributed by atoms with E-state index in [2.05, 4.69) is 27.1 Å². The molecule has 0 spiro atoms. The van der Waals surface area contributed by atoms with Crippen molar-refractivity contribution >= 4 is 17.4 Å². The summed E-state index contributed by atoms with van der Waals surface area (Å²) in [6, 6.07) is 1.36. The molecule has 0 bridgehead atoms. The molecule has 1 aliphatic rings. The lowest BCUT2D eigenvalue weighted by Gasteiger charge is -2.35. The summed E-state index contributed by atoms with van der Waals surface area (Å²) in [6.45, 7) is 2.98.